The molecule has 0 fully saturated rings. The average Bonchev–Trinajstić information content (AvgIpc) is 2.05. The van der Waals surface area contributed by atoms with Crippen LogP contribution in [0.25, 0.3) is 0 Å². The van der Waals surface area contributed by atoms with Gasteiger partial charge in [0.1, 0.15) is 19.5 Å². The summed E-state index contributed by atoms with van der Waals surface area (Å²) in [4.78, 5) is 0. The molecular weight excluding hydrogens is 216 g/mol. The summed E-state index contributed by atoms with van der Waals surface area (Å²) in [5.74, 6) is 0. The van der Waals surface area contributed by atoms with Crippen molar-refractivity contribution >= 4 is 28.1 Å². The van der Waals surface area contributed by atoms with Gasteiger partial charge in [0.15, 0.2) is 0 Å². The topological polar surface area (TPSA) is 27.7 Å². The Morgan fingerprint density at radius 2 is 1.69 bits per heavy atom. The van der Waals surface area contributed by atoms with Gasteiger partial charge in [0.25, 0.3) is 0 Å². The van der Waals surface area contributed by atoms with E-state index in [1.54, 1.807) is 0 Å². The first-order valence-corrected chi connectivity index (χ1v) is 11.5. The molecule has 0 saturated heterocycles. The van der Waals surface area contributed by atoms with Gasteiger partial charge >= 0.3 is 8.56 Å². The van der Waals surface area contributed by atoms with Crippen LogP contribution in [0.2, 0.25) is 25.7 Å². The summed E-state index contributed by atoms with van der Waals surface area (Å²) in [6.07, 6.45) is 0. The van der Waals surface area contributed by atoms with Gasteiger partial charge in [-0.05, 0) is 13.5 Å². The fourth-order valence-corrected chi connectivity index (χ4v) is 8.84. The SMILES string of the molecule is CCOCC[Si](C)(O[SiH2]C)O[SiH2]C. The summed E-state index contributed by atoms with van der Waals surface area (Å²) in [6, 6.07) is 0.989. The minimum atomic E-state index is -1.79. The van der Waals surface area contributed by atoms with Crippen molar-refractivity contribution in [2.75, 3.05) is 13.2 Å². The molecule has 0 radical (unpaired) electrons. The molecule has 0 spiro atoms. The molecule has 0 bridgehead atoms. The van der Waals surface area contributed by atoms with Gasteiger partial charge in [-0.25, -0.2) is 0 Å². The molecule has 80 valence electrons. The quantitative estimate of drug-likeness (QED) is 0.452. The summed E-state index contributed by atoms with van der Waals surface area (Å²) in [5, 5.41) is 0. The highest BCUT2D eigenvalue weighted by Gasteiger charge is 2.28. The van der Waals surface area contributed by atoms with Crippen molar-refractivity contribution in [3.8, 4) is 0 Å². The summed E-state index contributed by atoms with van der Waals surface area (Å²) in [7, 11) is -2.47. The third-order valence-electron chi connectivity index (χ3n) is 1.80. The minimum Gasteiger partial charge on any atom is -0.442 e. The summed E-state index contributed by atoms with van der Waals surface area (Å²) >= 11 is 0. The Hall–Kier alpha value is 0.531. The molecule has 0 atom stereocenters. The predicted octanol–water partition coefficient (Wildman–Crippen LogP) is 0.392. The molecule has 0 unspecified atom stereocenters. The van der Waals surface area contributed by atoms with Crippen LogP contribution in [-0.4, -0.2) is 41.3 Å². The third-order valence-corrected chi connectivity index (χ3v) is 10.1. The number of rotatable bonds is 8. The lowest BCUT2D eigenvalue weighted by atomic mass is 10.8. The number of ether oxygens (including phenoxy) is 1. The summed E-state index contributed by atoms with van der Waals surface area (Å²) < 4.78 is 17.0. The molecule has 0 heterocycles. The van der Waals surface area contributed by atoms with Crippen molar-refractivity contribution in [3.05, 3.63) is 0 Å². The molecule has 0 aliphatic heterocycles. The van der Waals surface area contributed by atoms with Crippen LogP contribution >= 0.6 is 0 Å². The van der Waals surface area contributed by atoms with Gasteiger partial charge in [-0.2, -0.15) is 0 Å². The lowest BCUT2D eigenvalue weighted by Crippen LogP contribution is -2.41. The Balaban J connectivity index is 3.76. The smallest absolute Gasteiger partial charge is 0.315 e. The predicted molar refractivity (Wildman–Crippen MR) is 63.9 cm³/mol. The van der Waals surface area contributed by atoms with Crippen LogP contribution in [0.5, 0.6) is 0 Å². The standard InChI is InChI=1S/C7H22O3Si3/c1-5-8-6-7-13(4,9-11-2)10-12-3/h5-7,11-12H2,1-4H3. The minimum absolute atomic E-state index is 0.341. The van der Waals surface area contributed by atoms with Gasteiger partial charge in [-0.3, -0.25) is 0 Å². The number of hydrogen-bond donors (Lipinski definition) is 0. The maximum Gasteiger partial charge on any atom is 0.315 e. The fourth-order valence-electron chi connectivity index (χ4n) is 1.20. The molecule has 0 rings (SSSR count). The zero-order chi connectivity index (χ0) is 10.2. The van der Waals surface area contributed by atoms with E-state index < -0.39 is 8.56 Å². The van der Waals surface area contributed by atoms with Crippen molar-refractivity contribution in [2.24, 2.45) is 0 Å². The van der Waals surface area contributed by atoms with Crippen LogP contribution in [0.15, 0.2) is 0 Å². The first-order valence-electron chi connectivity index (χ1n) is 5.04. The summed E-state index contributed by atoms with van der Waals surface area (Å²) in [5.41, 5.74) is 0. The van der Waals surface area contributed by atoms with Crippen LogP contribution < -0.4 is 0 Å². The second kappa shape index (κ2) is 7.89. The highest BCUT2D eigenvalue weighted by Crippen LogP contribution is 2.12. The molecule has 6 heteroatoms. The monoisotopic (exact) mass is 238 g/mol. The van der Waals surface area contributed by atoms with E-state index in [-0.39, 0.29) is 19.5 Å². The van der Waals surface area contributed by atoms with Gasteiger partial charge in [0, 0.05) is 19.3 Å². The highest BCUT2D eigenvalue weighted by atomic mass is 28.4. The van der Waals surface area contributed by atoms with E-state index in [0.29, 0.717) is 0 Å². The maximum absolute atomic E-state index is 5.83. The van der Waals surface area contributed by atoms with Crippen molar-refractivity contribution < 1.29 is 13.0 Å². The van der Waals surface area contributed by atoms with Gasteiger partial charge in [-0.1, -0.05) is 13.1 Å². The first kappa shape index (κ1) is 13.5. The molecule has 0 saturated carbocycles. The highest BCUT2D eigenvalue weighted by molar-refractivity contribution is 6.74. The van der Waals surface area contributed by atoms with Crippen molar-refractivity contribution in [1.82, 2.24) is 0 Å². The van der Waals surface area contributed by atoms with E-state index in [9.17, 15) is 0 Å². The molecule has 0 aliphatic carbocycles. The van der Waals surface area contributed by atoms with Crippen molar-refractivity contribution in [3.63, 3.8) is 0 Å². The fraction of sp³-hybridized carbons (Fsp3) is 1.00. The van der Waals surface area contributed by atoms with Crippen LogP contribution in [0.4, 0.5) is 0 Å². The van der Waals surface area contributed by atoms with Crippen LogP contribution in [-0.2, 0) is 13.0 Å². The Kier molecular flexibility index (Phi) is 8.21. The lowest BCUT2D eigenvalue weighted by Gasteiger charge is -2.26. The van der Waals surface area contributed by atoms with E-state index >= 15 is 0 Å². The van der Waals surface area contributed by atoms with E-state index in [1.165, 1.54) is 0 Å². The van der Waals surface area contributed by atoms with Gasteiger partial charge in [0.05, 0.1) is 0 Å². The van der Waals surface area contributed by atoms with Gasteiger partial charge in [-0.15, -0.1) is 0 Å². The van der Waals surface area contributed by atoms with Crippen molar-refractivity contribution in [2.45, 2.75) is 32.6 Å². The lowest BCUT2D eigenvalue weighted by molar-refractivity contribution is 0.156. The van der Waals surface area contributed by atoms with Crippen LogP contribution in [0.1, 0.15) is 6.92 Å². The second-order valence-electron chi connectivity index (χ2n) is 2.95. The van der Waals surface area contributed by atoms with Crippen LogP contribution in [0, 0.1) is 0 Å². The molecule has 0 aromatic heterocycles. The van der Waals surface area contributed by atoms with Crippen LogP contribution in [0.3, 0.4) is 0 Å². The van der Waals surface area contributed by atoms with Gasteiger partial charge < -0.3 is 13.0 Å². The Labute approximate surface area is 87.3 Å². The molecule has 0 N–H and O–H groups in total. The average molecular weight is 239 g/mol. The largest absolute Gasteiger partial charge is 0.442 e. The Morgan fingerprint density at radius 1 is 1.15 bits per heavy atom. The van der Waals surface area contributed by atoms with Gasteiger partial charge in [0.2, 0.25) is 0 Å². The van der Waals surface area contributed by atoms with E-state index in [4.69, 9.17) is 13.0 Å². The summed E-state index contributed by atoms with van der Waals surface area (Å²) in [6.45, 7) is 10.1. The normalized spacial score (nSPS) is 17.5. The number of hydrogen-bond acceptors (Lipinski definition) is 3. The third kappa shape index (κ3) is 6.58. The van der Waals surface area contributed by atoms with E-state index in [0.717, 1.165) is 19.3 Å². The zero-order valence-electron chi connectivity index (χ0n) is 9.26. The second-order valence-corrected chi connectivity index (χ2v) is 9.18. The zero-order valence-corrected chi connectivity index (χ0v) is 13.1. The molecule has 0 aromatic rings. The maximum atomic E-state index is 5.83. The Morgan fingerprint density at radius 3 is 2.08 bits per heavy atom. The van der Waals surface area contributed by atoms with E-state index in [2.05, 4.69) is 19.6 Å². The molecule has 3 nitrogen and oxygen atoms in total. The van der Waals surface area contributed by atoms with E-state index in [1.807, 2.05) is 6.92 Å². The molecule has 0 amide bonds. The van der Waals surface area contributed by atoms with Crippen molar-refractivity contribution in [1.29, 1.82) is 0 Å². The molecule has 0 aliphatic rings. The molecule has 0 aromatic carbocycles. The first-order chi connectivity index (χ1) is 6.18. The molecular formula is C7H22O3Si3. The molecule has 13 heavy (non-hydrogen) atoms. The Bertz CT molecular complexity index is 118.